The van der Waals surface area contributed by atoms with Gasteiger partial charge >= 0.3 is 0 Å². The Morgan fingerprint density at radius 2 is 2.32 bits per heavy atom. The summed E-state index contributed by atoms with van der Waals surface area (Å²) in [6.07, 6.45) is 11.8. The van der Waals surface area contributed by atoms with Gasteiger partial charge in [0.05, 0.1) is 24.3 Å². The Bertz CT molecular complexity index is 877. The Kier molecular flexibility index (Phi) is 5.28. The zero-order valence-corrected chi connectivity index (χ0v) is 16.1. The summed E-state index contributed by atoms with van der Waals surface area (Å²) >= 11 is 0. The van der Waals surface area contributed by atoms with Crippen LogP contribution < -0.4 is 5.32 Å². The van der Waals surface area contributed by atoms with Gasteiger partial charge < -0.3 is 14.6 Å². The fraction of sp³-hybridized carbons (Fsp3) is 0.409. The highest BCUT2D eigenvalue weighted by Crippen LogP contribution is 2.33. The molecule has 0 spiro atoms. The minimum Gasteiger partial charge on any atom is -0.467 e. The third-order valence-corrected chi connectivity index (χ3v) is 5.57. The van der Waals surface area contributed by atoms with E-state index in [2.05, 4.69) is 22.5 Å². The van der Waals surface area contributed by atoms with Crippen LogP contribution in [0.1, 0.15) is 31.9 Å². The summed E-state index contributed by atoms with van der Waals surface area (Å²) in [6, 6.07) is 3.65. The van der Waals surface area contributed by atoms with Crippen molar-refractivity contribution < 1.29 is 14.0 Å². The zero-order chi connectivity index (χ0) is 19.5. The molecule has 0 radical (unpaired) electrons. The maximum Gasteiger partial charge on any atom is 0.255 e. The van der Waals surface area contributed by atoms with E-state index < -0.39 is 0 Å². The van der Waals surface area contributed by atoms with Gasteiger partial charge in [-0.15, -0.1) is 0 Å². The summed E-state index contributed by atoms with van der Waals surface area (Å²) in [5.74, 6) is 0.657. The average molecular weight is 379 g/mol. The fourth-order valence-electron chi connectivity index (χ4n) is 4.11. The molecule has 4 rings (SSSR count). The summed E-state index contributed by atoms with van der Waals surface area (Å²) in [5, 5.41) is 3.09. The lowest BCUT2D eigenvalue weighted by atomic mass is 9.81. The van der Waals surface area contributed by atoms with Gasteiger partial charge in [0.2, 0.25) is 5.91 Å². The van der Waals surface area contributed by atoms with Gasteiger partial charge in [0, 0.05) is 30.9 Å². The standard InChI is InChI=1S/C22H25N3O3/c1-15-5-2-6-16-11-18(21(26)24-20(15)16)13-25(14-19-8-4-10-28-19)22(27)17-7-3-9-23-12-17/h2,4-5,7-8,10,12,16,18H,3,6,9,11,13-14H2,1H3,(H,24,26). The molecule has 0 bridgehead atoms. The van der Waals surface area contributed by atoms with Crippen LogP contribution in [0.5, 0.6) is 0 Å². The van der Waals surface area contributed by atoms with E-state index in [0.29, 0.717) is 36.9 Å². The zero-order valence-electron chi connectivity index (χ0n) is 16.1. The van der Waals surface area contributed by atoms with Crippen LogP contribution in [0.2, 0.25) is 0 Å². The molecule has 2 atom stereocenters. The molecule has 1 aromatic heterocycles. The summed E-state index contributed by atoms with van der Waals surface area (Å²) in [4.78, 5) is 31.8. The number of hydrogen-bond acceptors (Lipinski definition) is 4. The predicted molar refractivity (Wildman–Crippen MR) is 106 cm³/mol. The van der Waals surface area contributed by atoms with Gasteiger partial charge in [0.15, 0.2) is 0 Å². The molecule has 2 unspecified atom stereocenters. The van der Waals surface area contributed by atoms with Crippen molar-refractivity contribution >= 4 is 18.0 Å². The van der Waals surface area contributed by atoms with Crippen molar-refractivity contribution in [3.63, 3.8) is 0 Å². The van der Waals surface area contributed by atoms with Crippen LogP contribution in [-0.4, -0.2) is 36.0 Å². The van der Waals surface area contributed by atoms with Crippen molar-refractivity contribution in [1.82, 2.24) is 10.2 Å². The highest BCUT2D eigenvalue weighted by atomic mass is 16.3. The second-order valence-electron chi connectivity index (χ2n) is 7.60. The Morgan fingerprint density at radius 3 is 3.07 bits per heavy atom. The van der Waals surface area contributed by atoms with E-state index in [1.54, 1.807) is 23.4 Å². The molecular weight excluding hydrogens is 354 g/mol. The third kappa shape index (κ3) is 3.86. The fourth-order valence-corrected chi connectivity index (χ4v) is 4.11. The summed E-state index contributed by atoms with van der Waals surface area (Å²) in [6.45, 7) is 3.44. The summed E-state index contributed by atoms with van der Waals surface area (Å²) in [5.41, 5.74) is 2.75. The van der Waals surface area contributed by atoms with Crippen LogP contribution in [-0.2, 0) is 16.1 Å². The average Bonchev–Trinajstić information content (AvgIpc) is 3.22. The number of rotatable bonds is 5. The van der Waals surface area contributed by atoms with E-state index in [0.717, 1.165) is 30.5 Å². The van der Waals surface area contributed by atoms with Crippen LogP contribution >= 0.6 is 0 Å². The molecule has 1 N–H and O–H groups in total. The van der Waals surface area contributed by atoms with E-state index in [1.165, 1.54) is 0 Å². The van der Waals surface area contributed by atoms with Crippen molar-refractivity contribution in [3.8, 4) is 0 Å². The van der Waals surface area contributed by atoms with E-state index in [-0.39, 0.29) is 17.7 Å². The number of amides is 2. The van der Waals surface area contributed by atoms with E-state index in [1.807, 2.05) is 19.1 Å². The Labute approximate surface area is 164 Å². The van der Waals surface area contributed by atoms with Gasteiger partial charge in [-0.05, 0) is 43.9 Å². The second kappa shape index (κ2) is 8.00. The summed E-state index contributed by atoms with van der Waals surface area (Å²) in [7, 11) is 0. The van der Waals surface area contributed by atoms with Crippen molar-refractivity contribution in [2.45, 2.75) is 32.7 Å². The van der Waals surface area contributed by atoms with Gasteiger partial charge in [0.25, 0.3) is 5.91 Å². The number of dihydropyridines is 1. The van der Waals surface area contributed by atoms with Gasteiger partial charge in [-0.1, -0.05) is 18.2 Å². The number of piperidine rings is 1. The van der Waals surface area contributed by atoms with Crippen molar-refractivity contribution in [1.29, 1.82) is 0 Å². The number of furan rings is 1. The van der Waals surface area contributed by atoms with E-state index in [4.69, 9.17) is 4.42 Å². The first kappa shape index (κ1) is 18.5. The van der Waals surface area contributed by atoms with Crippen LogP contribution in [0.15, 0.2) is 62.9 Å². The molecular formula is C22H25N3O3. The smallest absolute Gasteiger partial charge is 0.255 e. The SMILES string of the molecule is CC1=C2NC(=O)C(CN(Cc3ccco3)C(=O)C3=CCCN=C3)CC2CC=C1. The highest BCUT2D eigenvalue weighted by molar-refractivity contribution is 6.12. The maximum absolute atomic E-state index is 13.1. The molecule has 1 aromatic rings. The number of nitrogens with one attached hydrogen (secondary N) is 1. The topological polar surface area (TPSA) is 74.9 Å². The molecule has 28 heavy (non-hydrogen) atoms. The molecule has 0 aromatic carbocycles. The van der Waals surface area contributed by atoms with Crippen molar-refractivity contribution in [2.24, 2.45) is 16.8 Å². The minimum absolute atomic E-state index is 0.00978. The van der Waals surface area contributed by atoms with Gasteiger partial charge in [0.1, 0.15) is 5.76 Å². The monoisotopic (exact) mass is 379 g/mol. The first-order valence-electron chi connectivity index (χ1n) is 9.81. The van der Waals surface area contributed by atoms with Crippen molar-refractivity contribution in [3.05, 3.63) is 59.2 Å². The lowest BCUT2D eigenvalue weighted by Crippen LogP contribution is -2.47. The lowest BCUT2D eigenvalue weighted by molar-refractivity contribution is -0.132. The molecule has 6 heteroatoms. The number of nitrogens with zero attached hydrogens (tertiary/aromatic N) is 2. The first-order chi connectivity index (χ1) is 13.6. The van der Waals surface area contributed by atoms with Gasteiger partial charge in [-0.3, -0.25) is 14.6 Å². The molecule has 1 fully saturated rings. The Hall–Kier alpha value is -2.89. The number of hydrogen-bond donors (Lipinski definition) is 1. The predicted octanol–water partition coefficient (Wildman–Crippen LogP) is 3.00. The quantitative estimate of drug-likeness (QED) is 0.855. The molecule has 6 nitrogen and oxygen atoms in total. The van der Waals surface area contributed by atoms with Gasteiger partial charge in [-0.2, -0.15) is 0 Å². The van der Waals surface area contributed by atoms with E-state index >= 15 is 0 Å². The lowest BCUT2D eigenvalue weighted by Gasteiger charge is -2.36. The molecule has 2 aliphatic heterocycles. The maximum atomic E-state index is 13.1. The molecule has 1 aliphatic carbocycles. The van der Waals surface area contributed by atoms with Crippen molar-refractivity contribution in [2.75, 3.05) is 13.1 Å². The van der Waals surface area contributed by atoms with Gasteiger partial charge in [-0.25, -0.2) is 0 Å². The number of aliphatic imine (C=N–C) groups is 1. The van der Waals surface area contributed by atoms with Crippen LogP contribution in [0, 0.1) is 11.8 Å². The van der Waals surface area contributed by atoms with Crippen LogP contribution in [0.3, 0.4) is 0 Å². The number of carbonyl (C=O) groups excluding carboxylic acids is 2. The largest absolute Gasteiger partial charge is 0.467 e. The molecule has 1 saturated heterocycles. The van der Waals surface area contributed by atoms with E-state index in [9.17, 15) is 9.59 Å². The normalized spacial score (nSPS) is 23.9. The second-order valence-corrected chi connectivity index (χ2v) is 7.60. The Morgan fingerprint density at radius 1 is 1.43 bits per heavy atom. The van der Waals surface area contributed by atoms with Crippen LogP contribution in [0.25, 0.3) is 0 Å². The number of carbonyl (C=O) groups is 2. The van der Waals surface area contributed by atoms with Crippen LogP contribution in [0.4, 0.5) is 0 Å². The Balaban J connectivity index is 1.53. The molecule has 3 aliphatic rings. The number of allylic oxidation sites excluding steroid dienone is 4. The first-order valence-corrected chi connectivity index (χ1v) is 9.81. The highest BCUT2D eigenvalue weighted by Gasteiger charge is 2.35. The number of fused-ring (bicyclic) bond motifs is 1. The summed E-state index contributed by atoms with van der Waals surface area (Å²) < 4.78 is 5.45. The molecule has 2 amide bonds. The molecule has 3 heterocycles. The molecule has 0 saturated carbocycles. The molecule has 146 valence electrons. The third-order valence-electron chi connectivity index (χ3n) is 5.57. The minimum atomic E-state index is -0.243.